The van der Waals surface area contributed by atoms with Crippen molar-refractivity contribution in [3.8, 4) is 0 Å². The van der Waals surface area contributed by atoms with E-state index < -0.39 is 54.6 Å². The fourth-order valence-corrected chi connectivity index (χ4v) is 4.86. The van der Waals surface area contributed by atoms with Crippen LogP contribution in [0.3, 0.4) is 0 Å². The third kappa shape index (κ3) is 5.18. The molecule has 1 aliphatic carbocycles. The third-order valence-electron chi connectivity index (χ3n) is 6.84. The topological polar surface area (TPSA) is 143 Å². The van der Waals surface area contributed by atoms with Crippen LogP contribution in [0, 0.1) is 11.3 Å². The molecule has 5 amide bonds. The highest BCUT2D eigenvalue weighted by atomic mass is 16.5. The summed E-state index contributed by atoms with van der Waals surface area (Å²) in [6.45, 7) is 8.93. The Morgan fingerprint density at radius 1 is 1.12 bits per heavy atom. The van der Waals surface area contributed by atoms with E-state index in [4.69, 9.17) is 9.47 Å². The summed E-state index contributed by atoms with van der Waals surface area (Å²) in [5.41, 5.74) is -0.622. The van der Waals surface area contributed by atoms with E-state index in [0.717, 1.165) is 17.7 Å². The highest BCUT2D eigenvalue weighted by molar-refractivity contribution is 6.08. The van der Waals surface area contributed by atoms with Crippen molar-refractivity contribution >= 4 is 29.9 Å². The molecule has 11 heteroatoms. The lowest BCUT2D eigenvalue weighted by Crippen LogP contribution is -2.51. The molecule has 1 saturated carbocycles. The van der Waals surface area contributed by atoms with E-state index >= 15 is 0 Å². The Bertz CT molecular complexity index is 913. The monoisotopic (exact) mass is 478 g/mol. The van der Waals surface area contributed by atoms with Gasteiger partial charge in [-0.25, -0.2) is 14.4 Å². The van der Waals surface area contributed by atoms with Gasteiger partial charge >= 0.3 is 24.0 Å². The average Bonchev–Trinajstić information content (AvgIpc) is 2.95. The molecule has 3 aliphatic rings. The number of carbonyl (C=O) groups is 5. The van der Waals surface area contributed by atoms with Crippen LogP contribution in [0.15, 0.2) is 11.3 Å². The van der Waals surface area contributed by atoms with E-state index in [1.807, 2.05) is 0 Å². The van der Waals surface area contributed by atoms with Gasteiger partial charge in [-0.15, -0.1) is 0 Å². The molecular formula is C23H34N4O7. The van der Waals surface area contributed by atoms with Crippen LogP contribution in [0.25, 0.3) is 0 Å². The normalized spacial score (nSPS) is 27.3. The van der Waals surface area contributed by atoms with Crippen LogP contribution in [-0.4, -0.2) is 66.1 Å². The van der Waals surface area contributed by atoms with E-state index in [1.54, 1.807) is 13.8 Å². The number of ether oxygens (including phenoxy) is 2. The summed E-state index contributed by atoms with van der Waals surface area (Å²) in [5, 5.41) is 7.80. The van der Waals surface area contributed by atoms with Gasteiger partial charge in [-0.3, -0.25) is 14.5 Å². The van der Waals surface area contributed by atoms with Crippen molar-refractivity contribution < 1.29 is 33.4 Å². The molecule has 0 radical (unpaired) electrons. The van der Waals surface area contributed by atoms with Crippen LogP contribution in [0.2, 0.25) is 0 Å². The molecule has 1 saturated heterocycles. The molecule has 0 bridgehead atoms. The molecule has 11 nitrogen and oxygen atoms in total. The Morgan fingerprint density at radius 3 is 2.35 bits per heavy atom. The van der Waals surface area contributed by atoms with Crippen LogP contribution in [0.5, 0.6) is 0 Å². The number of esters is 2. The fraction of sp³-hybridized carbons (Fsp3) is 0.696. The van der Waals surface area contributed by atoms with Crippen LogP contribution >= 0.6 is 0 Å². The van der Waals surface area contributed by atoms with Crippen molar-refractivity contribution in [1.29, 1.82) is 0 Å². The van der Waals surface area contributed by atoms with E-state index in [2.05, 4.69) is 36.7 Å². The van der Waals surface area contributed by atoms with Crippen LogP contribution < -0.4 is 16.0 Å². The standard InChI is InChI=1S/C23H34N4O7/c1-6-33-18(29)17-13(2)24-20(31)25-15(17)12-34-16(28)11-27-19(30)23(26-21(27)32)9-7-14(8-10-23)22(3,4)5/h13-14H,6-12H2,1-5H3,(H,26,32)(H2,24,25,31). The van der Waals surface area contributed by atoms with Crippen LogP contribution in [0.4, 0.5) is 9.59 Å². The predicted molar refractivity (Wildman–Crippen MR) is 120 cm³/mol. The van der Waals surface area contributed by atoms with Crippen LogP contribution in [0.1, 0.15) is 60.3 Å². The van der Waals surface area contributed by atoms with Crippen molar-refractivity contribution in [3.05, 3.63) is 11.3 Å². The molecule has 0 aromatic heterocycles. The molecule has 3 rings (SSSR count). The van der Waals surface area contributed by atoms with Crippen LogP contribution in [-0.2, 0) is 23.9 Å². The summed E-state index contributed by atoms with van der Waals surface area (Å²) in [4.78, 5) is 63.1. The second-order valence-corrected chi connectivity index (χ2v) is 10.1. The van der Waals surface area contributed by atoms with Gasteiger partial charge in [0.2, 0.25) is 0 Å². The maximum Gasteiger partial charge on any atom is 0.338 e. The van der Waals surface area contributed by atoms with Gasteiger partial charge in [-0.2, -0.15) is 0 Å². The molecule has 1 spiro atoms. The smallest absolute Gasteiger partial charge is 0.338 e. The number of hydrogen-bond acceptors (Lipinski definition) is 7. The molecule has 2 fully saturated rings. The van der Waals surface area contributed by atoms with E-state index in [9.17, 15) is 24.0 Å². The Hall–Kier alpha value is -3.11. The molecule has 2 heterocycles. The molecule has 0 aromatic carbocycles. The van der Waals surface area contributed by atoms with Gasteiger partial charge in [0.15, 0.2) is 0 Å². The second kappa shape index (κ2) is 9.63. The Labute approximate surface area is 199 Å². The maximum atomic E-state index is 13.1. The zero-order chi connectivity index (χ0) is 25.3. The lowest BCUT2D eigenvalue weighted by molar-refractivity contribution is -0.147. The summed E-state index contributed by atoms with van der Waals surface area (Å²) >= 11 is 0. The van der Waals surface area contributed by atoms with Crippen molar-refractivity contribution in [2.75, 3.05) is 19.8 Å². The van der Waals surface area contributed by atoms with Gasteiger partial charge in [-0.1, -0.05) is 20.8 Å². The zero-order valence-electron chi connectivity index (χ0n) is 20.4. The minimum absolute atomic E-state index is 0.0947. The number of amides is 5. The molecule has 1 unspecified atom stereocenters. The van der Waals surface area contributed by atoms with Crippen molar-refractivity contribution in [2.24, 2.45) is 11.3 Å². The van der Waals surface area contributed by atoms with Gasteiger partial charge in [0.1, 0.15) is 18.7 Å². The first-order chi connectivity index (χ1) is 15.9. The van der Waals surface area contributed by atoms with Crippen molar-refractivity contribution in [1.82, 2.24) is 20.9 Å². The first-order valence-corrected chi connectivity index (χ1v) is 11.7. The quantitative estimate of drug-likeness (QED) is 0.388. The lowest BCUT2D eigenvalue weighted by atomic mass is 9.67. The molecule has 188 valence electrons. The number of nitrogens with zero attached hydrogens (tertiary/aromatic N) is 1. The summed E-state index contributed by atoms with van der Waals surface area (Å²) in [5.74, 6) is -1.45. The number of hydrogen-bond donors (Lipinski definition) is 3. The third-order valence-corrected chi connectivity index (χ3v) is 6.84. The minimum Gasteiger partial charge on any atom is -0.463 e. The molecule has 3 N–H and O–H groups in total. The van der Waals surface area contributed by atoms with Gasteiger partial charge in [0.25, 0.3) is 5.91 Å². The van der Waals surface area contributed by atoms with Gasteiger partial charge in [0, 0.05) is 0 Å². The fourth-order valence-electron chi connectivity index (χ4n) is 4.86. The SMILES string of the molecule is CCOC(=O)C1=C(COC(=O)CN2C(=O)NC3(CCC(C(C)(C)C)CC3)C2=O)NC(=O)NC1C. The van der Waals surface area contributed by atoms with Crippen molar-refractivity contribution in [2.45, 2.75) is 71.9 Å². The lowest BCUT2D eigenvalue weighted by Gasteiger charge is -2.40. The van der Waals surface area contributed by atoms with E-state index in [1.165, 1.54) is 0 Å². The number of urea groups is 2. The number of nitrogens with one attached hydrogen (secondary N) is 3. The Kier molecular flexibility index (Phi) is 7.23. The summed E-state index contributed by atoms with van der Waals surface area (Å²) < 4.78 is 10.2. The Morgan fingerprint density at radius 2 is 1.76 bits per heavy atom. The van der Waals surface area contributed by atoms with E-state index in [-0.39, 0.29) is 23.3 Å². The summed E-state index contributed by atoms with van der Waals surface area (Å²) in [6, 6.07) is -1.81. The molecular weight excluding hydrogens is 444 g/mol. The van der Waals surface area contributed by atoms with Gasteiger partial charge < -0.3 is 25.4 Å². The minimum atomic E-state index is -0.975. The first kappa shape index (κ1) is 25.5. The van der Waals surface area contributed by atoms with E-state index in [0.29, 0.717) is 18.8 Å². The zero-order valence-corrected chi connectivity index (χ0v) is 20.4. The van der Waals surface area contributed by atoms with Gasteiger partial charge in [-0.05, 0) is 50.9 Å². The molecule has 0 aromatic rings. The maximum absolute atomic E-state index is 13.1. The number of carbonyl (C=O) groups excluding carboxylic acids is 5. The predicted octanol–water partition coefficient (Wildman–Crippen LogP) is 1.58. The first-order valence-electron chi connectivity index (χ1n) is 11.7. The highest BCUT2D eigenvalue weighted by Crippen LogP contribution is 2.43. The molecule has 1 atom stereocenters. The molecule has 2 aliphatic heterocycles. The largest absolute Gasteiger partial charge is 0.463 e. The van der Waals surface area contributed by atoms with Crippen molar-refractivity contribution in [3.63, 3.8) is 0 Å². The number of imide groups is 1. The van der Waals surface area contributed by atoms with Gasteiger partial charge in [0.05, 0.1) is 23.9 Å². The molecule has 34 heavy (non-hydrogen) atoms. The summed E-state index contributed by atoms with van der Waals surface area (Å²) in [7, 11) is 0. The number of rotatable bonds is 6. The summed E-state index contributed by atoms with van der Waals surface area (Å²) in [6.07, 6.45) is 2.67. The second-order valence-electron chi connectivity index (χ2n) is 10.1. The Balaban J connectivity index is 1.63. The average molecular weight is 479 g/mol. The highest BCUT2D eigenvalue weighted by Gasteiger charge is 2.53.